The Labute approximate surface area is 114 Å². The zero-order valence-electron chi connectivity index (χ0n) is 11.2. The molecule has 1 unspecified atom stereocenters. The van der Waals surface area contributed by atoms with Crippen LogP contribution in [0.1, 0.15) is 18.0 Å². The lowest BCUT2D eigenvalue weighted by Gasteiger charge is -2.19. The minimum absolute atomic E-state index is 0.228. The predicted molar refractivity (Wildman–Crippen MR) is 80.6 cm³/mol. The van der Waals surface area contributed by atoms with Crippen molar-refractivity contribution in [2.24, 2.45) is 0 Å². The van der Waals surface area contributed by atoms with Crippen LogP contribution >= 0.6 is 0 Å². The number of hydrogen-bond donors (Lipinski definition) is 1. The first-order valence-electron chi connectivity index (χ1n) is 6.40. The molecule has 2 heteroatoms. The van der Waals surface area contributed by atoms with Crippen molar-refractivity contribution in [3.63, 3.8) is 0 Å². The molecular weight excluding hydrogens is 234 g/mol. The monoisotopic (exact) mass is 253 g/mol. The number of rotatable bonds is 6. The van der Waals surface area contributed by atoms with E-state index in [-0.39, 0.29) is 6.04 Å². The lowest BCUT2D eigenvalue weighted by molar-refractivity contribution is 0.414. The lowest BCUT2D eigenvalue weighted by Crippen LogP contribution is -2.09. The number of hydrogen-bond acceptors (Lipinski definition) is 2. The first kappa shape index (κ1) is 13.2. The van der Waals surface area contributed by atoms with E-state index in [0.717, 1.165) is 17.9 Å². The molecule has 0 radical (unpaired) electrons. The summed E-state index contributed by atoms with van der Waals surface area (Å²) in [6, 6.07) is 18.6. The van der Waals surface area contributed by atoms with E-state index in [2.05, 4.69) is 36.2 Å². The van der Waals surface area contributed by atoms with E-state index in [1.54, 1.807) is 7.11 Å². The Morgan fingerprint density at radius 3 is 2.37 bits per heavy atom. The fourth-order valence-electron chi connectivity index (χ4n) is 2.02. The maximum atomic E-state index is 5.19. The second-order valence-corrected chi connectivity index (χ2v) is 4.36. The van der Waals surface area contributed by atoms with Gasteiger partial charge in [-0.05, 0) is 36.2 Å². The van der Waals surface area contributed by atoms with Crippen molar-refractivity contribution in [2.45, 2.75) is 12.5 Å². The van der Waals surface area contributed by atoms with Gasteiger partial charge in [0.05, 0.1) is 13.2 Å². The van der Waals surface area contributed by atoms with Crippen molar-refractivity contribution in [3.05, 3.63) is 72.8 Å². The Morgan fingerprint density at radius 1 is 1.11 bits per heavy atom. The van der Waals surface area contributed by atoms with E-state index in [4.69, 9.17) is 4.74 Å². The third kappa shape index (κ3) is 3.62. The normalized spacial score (nSPS) is 11.6. The van der Waals surface area contributed by atoms with Crippen LogP contribution in [0.3, 0.4) is 0 Å². The maximum absolute atomic E-state index is 5.19. The van der Waals surface area contributed by atoms with Gasteiger partial charge in [0.1, 0.15) is 5.75 Å². The molecule has 0 aliphatic heterocycles. The smallest absolute Gasteiger partial charge is 0.118 e. The topological polar surface area (TPSA) is 21.3 Å². The van der Waals surface area contributed by atoms with Gasteiger partial charge in [0, 0.05) is 5.69 Å². The number of ether oxygens (including phenoxy) is 1. The molecule has 0 aliphatic carbocycles. The molecule has 0 heterocycles. The van der Waals surface area contributed by atoms with Crippen LogP contribution in [0, 0.1) is 0 Å². The summed E-state index contributed by atoms with van der Waals surface area (Å²) < 4.78 is 5.19. The molecule has 1 atom stereocenters. The van der Waals surface area contributed by atoms with E-state index >= 15 is 0 Å². The zero-order chi connectivity index (χ0) is 13.5. The van der Waals surface area contributed by atoms with Gasteiger partial charge in [0.25, 0.3) is 0 Å². The average Bonchev–Trinajstić information content (AvgIpc) is 2.48. The molecule has 0 bridgehead atoms. The average molecular weight is 253 g/mol. The van der Waals surface area contributed by atoms with Crippen LogP contribution in [0.5, 0.6) is 5.75 Å². The summed E-state index contributed by atoms with van der Waals surface area (Å²) in [5, 5.41) is 3.52. The van der Waals surface area contributed by atoms with Gasteiger partial charge in [-0.15, -0.1) is 6.58 Å². The Bertz CT molecular complexity index is 505. The second-order valence-electron chi connectivity index (χ2n) is 4.36. The molecular formula is C17H19NO. The highest BCUT2D eigenvalue weighted by molar-refractivity contribution is 5.45. The summed E-state index contributed by atoms with van der Waals surface area (Å²) >= 11 is 0. The molecule has 19 heavy (non-hydrogen) atoms. The molecule has 0 amide bonds. The summed E-state index contributed by atoms with van der Waals surface area (Å²) in [5.74, 6) is 0.876. The largest absolute Gasteiger partial charge is 0.497 e. The van der Waals surface area contributed by atoms with Crippen molar-refractivity contribution in [3.8, 4) is 5.75 Å². The Balaban J connectivity index is 2.16. The van der Waals surface area contributed by atoms with E-state index in [9.17, 15) is 0 Å². The molecule has 0 fully saturated rings. The van der Waals surface area contributed by atoms with Crippen molar-refractivity contribution in [2.75, 3.05) is 12.4 Å². The van der Waals surface area contributed by atoms with Gasteiger partial charge in [-0.1, -0.05) is 36.4 Å². The highest BCUT2D eigenvalue weighted by Gasteiger charge is 2.09. The fourth-order valence-corrected chi connectivity index (χ4v) is 2.02. The first-order valence-corrected chi connectivity index (χ1v) is 6.40. The van der Waals surface area contributed by atoms with E-state index in [1.165, 1.54) is 5.56 Å². The van der Waals surface area contributed by atoms with Gasteiger partial charge >= 0.3 is 0 Å². The van der Waals surface area contributed by atoms with Gasteiger partial charge < -0.3 is 10.1 Å². The van der Waals surface area contributed by atoms with E-state index in [0.29, 0.717) is 0 Å². The summed E-state index contributed by atoms with van der Waals surface area (Å²) in [5.41, 5.74) is 2.34. The van der Waals surface area contributed by atoms with Crippen molar-refractivity contribution >= 4 is 5.69 Å². The molecule has 0 saturated heterocycles. The molecule has 2 aromatic rings. The zero-order valence-corrected chi connectivity index (χ0v) is 11.2. The van der Waals surface area contributed by atoms with Gasteiger partial charge in [0.15, 0.2) is 0 Å². The minimum Gasteiger partial charge on any atom is -0.497 e. The van der Waals surface area contributed by atoms with Crippen LogP contribution in [-0.2, 0) is 0 Å². The highest BCUT2D eigenvalue weighted by atomic mass is 16.5. The number of anilines is 1. The first-order chi connectivity index (χ1) is 9.33. The number of nitrogens with one attached hydrogen (secondary N) is 1. The minimum atomic E-state index is 0.228. The molecule has 98 valence electrons. The summed E-state index contributed by atoms with van der Waals surface area (Å²) in [6.07, 6.45) is 2.81. The van der Waals surface area contributed by atoms with Gasteiger partial charge in [-0.2, -0.15) is 0 Å². The van der Waals surface area contributed by atoms with Crippen LogP contribution in [0.4, 0.5) is 5.69 Å². The summed E-state index contributed by atoms with van der Waals surface area (Å²) in [6.45, 7) is 3.84. The SMILES string of the molecule is C=CCC(Nc1ccccc1)c1ccc(OC)cc1. The van der Waals surface area contributed by atoms with Crippen molar-refractivity contribution in [1.29, 1.82) is 0 Å². The molecule has 2 nitrogen and oxygen atoms in total. The quantitative estimate of drug-likeness (QED) is 0.769. The Kier molecular flexibility index (Phi) is 4.62. The Hall–Kier alpha value is -2.22. The highest BCUT2D eigenvalue weighted by Crippen LogP contribution is 2.24. The Morgan fingerprint density at radius 2 is 1.79 bits per heavy atom. The molecule has 2 aromatic carbocycles. The van der Waals surface area contributed by atoms with Crippen molar-refractivity contribution < 1.29 is 4.74 Å². The molecule has 2 rings (SSSR count). The van der Waals surface area contributed by atoms with Crippen LogP contribution in [-0.4, -0.2) is 7.11 Å². The van der Waals surface area contributed by atoms with Crippen LogP contribution in [0.25, 0.3) is 0 Å². The molecule has 0 aliphatic rings. The fraction of sp³-hybridized carbons (Fsp3) is 0.176. The molecule has 1 N–H and O–H groups in total. The van der Waals surface area contributed by atoms with Gasteiger partial charge in [-0.25, -0.2) is 0 Å². The van der Waals surface area contributed by atoms with Crippen LogP contribution in [0.15, 0.2) is 67.3 Å². The lowest BCUT2D eigenvalue weighted by atomic mass is 10.0. The predicted octanol–water partition coefficient (Wildman–Crippen LogP) is 4.42. The van der Waals surface area contributed by atoms with Crippen LogP contribution < -0.4 is 10.1 Å². The third-order valence-corrected chi connectivity index (χ3v) is 3.04. The molecule has 0 saturated carbocycles. The second kappa shape index (κ2) is 6.64. The van der Waals surface area contributed by atoms with E-state index < -0.39 is 0 Å². The van der Waals surface area contributed by atoms with Crippen molar-refractivity contribution in [1.82, 2.24) is 0 Å². The van der Waals surface area contributed by atoms with Gasteiger partial charge in [-0.3, -0.25) is 0 Å². The van der Waals surface area contributed by atoms with E-state index in [1.807, 2.05) is 36.4 Å². The standard InChI is InChI=1S/C17H19NO/c1-3-7-17(18-15-8-5-4-6-9-15)14-10-12-16(19-2)13-11-14/h3-6,8-13,17-18H,1,7H2,2H3. The summed E-state index contributed by atoms with van der Waals surface area (Å²) in [4.78, 5) is 0. The molecule has 0 aromatic heterocycles. The molecule has 0 spiro atoms. The van der Waals surface area contributed by atoms with Crippen LogP contribution in [0.2, 0.25) is 0 Å². The van der Waals surface area contributed by atoms with Gasteiger partial charge in [0.2, 0.25) is 0 Å². The summed E-state index contributed by atoms with van der Waals surface area (Å²) in [7, 11) is 1.68. The third-order valence-electron chi connectivity index (χ3n) is 3.04. The maximum Gasteiger partial charge on any atom is 0.118 e. The number of methoxy groups -OCH3 is 1. The number of benzene rings is 2. The number of para-hydroxylation sites is 1.